The predicted octanol–water partition coefficient (Wildman–Crippen LogP) is 1.25. The number of hydrogen-bond acceptors (Lipinski definition) is 4. The minimum Gasteiger partial charge on any atom is -0.379 e. The SMILES string of the molecule is Cn1ccnc1CNC(=O)[C@H](c1cccc(F)c1)N1CCOCC1. The van der Waals surface area contributed by atoms with Crippen LogP contribution in [0.2, 0.25) is 0 Å². The monoisotopic (exact) mass is 332 g/mol. The molecule has 7 heteroatoms. The standard InChI is InChI=1S/C17H21FN4O2/c1-21-6-5-19-15(21)12-20-17(23)16(22-7-9-24-10-8-22)13-3-2-4-14(18)11-13/h2-6,11,16H,7-10,12H2,1H3,(H,20,23)/t16-/m0/s1. The Labute approximate surface area is 140 Å². The van der Waals surface area contributed by atoms with Gasteiger partial charge in [-0.3, -0.25) is 9.69 Å². The lowest BCUT2D eigenvalue weighted by atomic mass is 10.0. The number of hydrogen-bond donors (Lipinski definition) is 1. The molecule has 1 aromatic carbocycles. The molecule has 2 aromatic rings. The summed E-state index contributed by atoms with van der Waals surface area (Å²) >= 11 is 0. The Morgan fingerprint density at radius 1 is 1.42 bits per heavy atom. The highest BCUT2D eigenvalue weighted by molar-refractivity contribution is 5.83. The minimum atomic E-state index is -0.537. The van der Waals surface area contributed by atoms with E-state index < -0.39 is 6.04 Å². The van der Waals surface area contributed by atoms with Crippen LogP contribution in [0.15, 0.2) is 36.7 Å². The molecule has 24 heavy (non-hydrogen) atoms. The van der Waals surface area contributed by atoms with Crippen molar-refractivity contribution >= 4 is 5.91 Å². The van der Waals surface area contributed by atoms with Crippen molar-refractivity contribution in [1.29, 1.82) is 0 Å². The van der Waals surface area contributed by atoms with Gasteiger partial charge in [0.15, 0.2) is 0 Å². The highest BCUT2D eigenvalue weighted by Crippen LogP contribution is 2.23. The maximum Gasteiger partial charge on any atom is 0.242 e. The quantitative estimate of drug-likeness (QED) is 0.895. The molecule has 0 bridgehead atoms. The number of aromatic nitrogens is 2. The van der Waals surface area contributed by atoms with Crippen LogP contribution in [-0.4, -0.2) is 46.7 Å². The van der Waals surface area contributed by atoms with Crippen molar-refractivity contribution < 1.29 is 13.9 Å². The summed E-state index contributed by atoms with van der Waals surface area (Å²) in [6, 6.07) is 5.67. The lowest BCUT2D eigenvalue weighted by Crippen LogP contribution is -2.45. The average Bonchev–Trinajstić information content (AvgIpc) is 2.99. The third-order valence-electron chi connectivity index (χ3n) is 4.17. The van der Waals surface area contributed by atoms with Gasteiger partial charge in [0.2, 0.25) is 5.91 Å². The molecule has 6 nitrogen and oxygen atoms in total. The van der Waals surface area contributed by atoms with E-state index in [4.69, 9.17) is 4.74 Å². The van der Waals surface area contributed by atoms with Crippen molar-refractivity contribution in [3.63, 3.8) is 0 Å². The fourth-order valence-corrected chi connectivity index (χ4v) is 2.87. The first-order valence-corrected chi connectivity index (χ1v) is 7.96. The highest BCUT2D eigenvalue weighted by Gasteiger charge is 2.29. The summed E-state index contributed by atoms with van der Waals surface area (Å²) in [5.74, 6) is 0.261. The van der Waals surface area contributed by atoms with Crippen molar-refractivity contribution in [2.75, 3.05) is 26.3 Å². The first-order chi connectivity index (χ1) is 11.6. The van der Waals surface area contributed by atoms with Crippen molar-refractivity contribution in [3.8, 4) is 0 Å². The number of morpholine rings is 1. The van der Waals surface area contributed by atoms with Crippen molar-refractivity contribution in [1.82, 2.24) is 19.8 Å². The number of ether oxygens (including phenoxy) is 1. The predicted molar refractivity (Wildman–Crippen MR) is 86.6 cm³/mol. The number of imidazole rings is 1. The lowest BCUT2D eigenvalue weighted by molar-refractivity contribution is -0.128. The molecule has 0 aliphatic carbocycles. The van der Waals surface area contributed by atoms with Crippen LogP contribution in [0.3, 0.4) is 0 Å². The van der Waals surface area contributed by atoms with Gasteiger partial charge in [-0.05, 0) is 17.7 Å². The molecule has 0 spiro atoms. The average molecular weight is 332 g/mol. The second kappa shape index (κ2) is 7.55. The van der Waals surface area contributed by atoms with Crippen LogP contribution >= 0.6 is 0 Å². The molecule has 0 radical (unpaired) electrons. The summed E-state index contributed by atoms with van der Waals surface area (Å²) < 4.78 is 20.8. The Hall–Kier alpha value is -2.25. The number of nitrogens with zero attached hydrogens (tertiary/aromatic N) is 3. The first kappa shape index (κ1) is 16.6. The summed E-state index contributed by atoms with van der Waals surface area (Å²) in [4.78, 5) is 19.0. The van der Waals surface area contributed by atoms with Gasteiger partial charge < -0.3 is 14.6 Å². The first-order valence-electron chi connectivity index (χ1n) is 7.96. The lowest BCUT2D eigenvalue weighted by Gasteiger charge is -2.33. The number of halogens is 1. The zero-order valence-electron chi connectivity index (χ0n) is 13.6. The van der Waals surface area contributed by atoms with Gasteiger partial charge in [-0.15, -0.1) is 0 Å². The van der Waals surface area contributed by atoms with E-state index in [1.165, 1.54) is 12.1 Å². The molecule has 3 rings (SSSR count). The molecule has 1 atom stereocenters. The van der Waals surface area contributed by atoms with Crippen LogP contribution in [0.1, 0.15) is 17.4 Å². The largest absolute Gasteiger partial charge is 0.379 e. The molecule has 1 aliphatic rings. The zero-order chi connectivity index (χ0) is 16.9. The van der Waals surface area contributed by atoms with Crippen LogP contribution in [0, 0.1) is 5.82 Å². The fourth-order valence-electron chi connectivity index (χ4n) is 2.87. The molecule has 1 amide bonds. The smallest absolute Gasteiger partial charge is 0.242 e. The van der Waals surface area contributed by atoms with E-state index in [0.29, 0.717) is 38.4 Å². The maximum absolute atomic E-state index is 13.6. The molecule has 0 saturated carbocycles. The molecular formula is C17H21FN4O2. The third kappa shape index (κ3) is 3.80. The van der Waals surface area contributed by atoms with Crippen molar-refractivity contribution in [2.24, 2.45) is 7.05 Å². The van der Waals surface area contributed by atoms with Crippen LogP contribution in [0.4, 0.5) is 4.39 Å². The Kier molecular flexibility index (Phi) is 5.22. The minimum absolute atomic E-state index is 0.162. The number of carbonyl (C=O) groups is 1. The Morgan fingerprint density at radius 2 is 2.21 bits per heavy atom. The van der Waals surface area contributed by atoms with Gasteiger partial charge in [0, 0.05) is 32.5 Å². The highest BCUT2D eigenvalue weighted by atomic mass is 19.1. The summed E-state index contributed by atoms with van der Waals surface area (Å²) in [5.41, 5.74) is 0.647. The molecule has 1 saturated heterocycles. The normalized spacial score (nSPS) is 16.8. The van der Waals surface area contributed by atoms with E-state index in [2.05, 4.69) is 10.3 Å². The van der Waals surface area contributed by atoms with E-state index in [-0.39, 0.29) is 11.7 Å². The molecule has 1 fully saturated rings. The van der Waals surface area contributed by atoms with E-state index in [9.17, 15) is 9.18 Å². The van der Waals surface area contributed by atoms with Crippen LogP contribution in [0.5, 0.6) is 0 Å². The summed E-state index contributed by atoms with van der Waals surface area (Å²) in [6.45, 7) is 2.74. The number of aryl methyl sites for hydroxylation is 1. The number of rotatable bonds is 5. The second-order valence-corrected chi connectivity index (χ2v) is 5.78. The third-order valence-corrected chi connectivity index (χ3v) is 4.17. The van der Waals surface area contributed by atoms with E-state index in [1.807, 2.05) is 22.7 Å². The molecule has 128 valence electrons. The van der Waals surface area contributed by atoms with Crippen molar-refractivity contribution in [2.45, 2.75) is 12.6 Å². The Morgan fingerprint density at radius 3 is 2.88 bits per heavy atom. The molecular weight excluding hydrogens is 311 g/mol. The molecule has 2 heterocycles. The second-order valence-electron chi connectivity index (χ2n) is 5.78. The number of benzene rings is 1. The Balaban J connectivity index is 1.78. The summed E-state index contributed by atoms with van der Waals surface area (Å²) in [7, 11) is 1.88. The zero-order valence-corrected chi connectivity index (χ0v) is 13.6. The molecule has 0 unspecified atom stereocenters. The van der Waals surface area contributed by atoms with E-state index >= 15 is 0 Å². The van der Waals surface area contributed by atoms with Gasteiger partial charge in [-0.1, -0.05) is 12.1 Å². The van der Waals surface area contributed by atoms with E-state index in [1.54, 1.807) is 18.3 Å². The van der Waals surface area contributed by atoms with Crippen LogP contribution < -0.4 is 5.32 Å². The topological polar surface area (TPSA) is 59.4 Å². The van der Waals surface area contributed by atoms with Gasteiger partial charge >= 0.3 is 0 Å². The van der Waals surface area contributed by atoms with E-state index in [0.717, 1.165) is 5.82 Å². The van der Waals surface area contributed by atoms with Gasteiger partial charge in [-0.2, -0.15) is 0 Å². The van der Waals surface area contributed by atoms with Gasteiger partial charge in [0.25, 0.3) is 0 Å². The van der Waals surface area contributed by atoms with Crippen LogP contribution in [0.25, 0.3) is 0 Å². The van der Waals surface area contributed by atoms with Gasteiger partial charge in [0.1, 0.15) is 17.7 Å². The Bertz CT molecular complexity index is 697. The molecule has 1 aromatic heterocycles. The summed E-state index contributed by atoms with van der Waals surface area (Å²) in [5, 5.41) is 2.91. The number of carbonyl (C=O) groups excluding carboxylic acids is 1. The van der Waals surface area contributed by atoms with Gasteiger partial charge in [0.05, 0.1) is 19.8 Å². The number of amides is 1. The number of nitrogens with one attached hydrogen (secondary N) is 1. The molecule has 1 aliphatic heterocycles. The summed E-state index contributed by atoms with van der Waals surface area (Å²) in [6.07, 6.45) is 3.51. The van der Waals surface area contributed by atoms with Gasteiger partial charge in [-0.25, -0.2) is 9.37 Å². The van der Waals surface area contributed by atoms with Crippen LogP contribution in [-0.2, 0) is 23.1 Å². The van der Waals surface area contributed by atoms with Crippen molar-refractivity contribution in [3.05, 3.63) is 53.9 Å². The molecule has 1 N–H and O–H groups in total. The maximum atomic E-state index is 13.6. The fraction of sp³-hybridized carbons (Fsp3) is 0.412.